The van der Waals surface area contributed by atoms with Crippen molar-refractivity contribution in [2.75, 3.05) is 5.32 Å². The van der Waals surface area contributed by atoms with Crippen LogP contribution in [0.25, 0.3) is 0 Å². The molecule has 102 valence electrons. The molecule has 19 heavy (non-hydrogen) atoms. The standard InChI is InChI=1S/C15H19FN2S/c1-10-12(16)6-5-7-13(10)17-8-11-9-19-14(18-11)15(2,3)4/h5-7,9,17H,8H2,1-4H3. The van der Waals surface area contributed by atoms with Crippen molar-refractivity contribution in [3.05, 3.63) is 45.7 Å². The Balaban J connectivity index is 2.07. The first-order chi connectivity index (χ1) is 8.88. The number of aromatic nitrogens is 1. The van der Waals surface area contributed by atoms with Gasteiger partial charge in [0.2, 0.25) is 0 Å². The smallest absolute Gasteiger partial charge is 0.128 e. The monoisotopic (exact) mass is 278 g/mol. The van der Waals surface area contributed by atoms with Crippen molar-refractivity contribution in [3.63, 3.8) is 0 Å². The minimum Gasteiger partial charge on any atom is -0.379 e. The molecule has 0 fully saturated rings. The highest BCUT2D eigenvalue weighted by Crippen LogP contribution is 2.26. The number of rotatable bonds is 3. The number of anilines is 1. The lowest BCUT2D eigenvalue weighted by Crippen LogP contribution is -2.11. The lowest BCUT2D eigenvalue weighted by Gasteiger charge is -2.13. The normalized spacial score (nSPS) is 11.6. The van der Waals surface area contributed by atoms with Gasteiger partial charge in [0.05, 0.1) is 17.2 Å². The van der Waals surface area contributed by atoms with E-state index in [0.717, 1.165) is 16.4 Å². The van der Waals surface area contributed by atoms with Gasteiger partial charge in [-0.25, -0.2) is 9.37 Å². The van der Waals surface area contributed by atoms with Crippen molar-refractivity contribution < 1.29 is 4.39 Å². The number of thiazole rings is 1. The fraction of sp³-hybridized carbons (Fsp3) is 0.400. The van der Waals surface area contributed by atoms with Crippen molar-refractivity contribution in [1.29, 1.82) is 0 Å². The molecule has 0 amide bonds. The van der Waals surface area contributed by atoms with Crippen LogP contribution in [0.5, 0.6) is 0 Å². The molecule has 0 bridgehead atoms. The van der Waals surface area contributed by atoms with E-state index >= 15 is 0 Å². The van der Waals surface area contributed by atoms with Crippen LogP contribution in [0.15, 0.2) is 23.6 Å². The van der Waals surface area contributed by atoms with Crippen LogP contribution in [0.2, 0.25) is 0 Å². The maximum atomic E-state index is 13.4. The quantitative estimate of drug-likeness (QED) is 0.894. The fourth-order valence-corrected chi connectivity index (χ4v) is 2.62. The van der Waals surface area contributed by atoms with Gasteiger partial charge >= 0.3 is 0 Å². The van der Waals surface area contributed by atoms with E-state index in [1.54, 1.807) is 24.3 Å². The summed E-state index contributed by atoms with van der Waals surface area (Å²) in [6, 6.07) is 5.07. The summed E-state index contributed by atoms with van der Waals surface area (Å²) in [5.41, 5.74) is 2.55. The van der Waals surface area contributed by atoms with Crippen molar-refractivity contribution in [2.45, 2.75) is 39.7 Å². The van der Waals surface area contributed by atoms with Crippen LogP contribution < -0.4 is 5.32 Å². The van der Waals surface area contributed by atoms with Crippen LogP contribution in [0.4, 0.5) is 10.1 Å². The van der Waals surface area contributed by atoms with Gasteiger partial charge in [0.15, 0.2) is 0 Å². The van der Waals surface area contributed by atoms with E-state index in [2.05, 4.69) is 36.5 Å². The third-order valence-corrected chi connectivity index (χ3v) is 4.24. The van der Waals surface area contributed by atoms with Crippen LogP contribution in [-0.4, -0.2) is 4.98 Å². The molecule has 0 atom stereocenters. The van der Waals surface area contributed by atoms with E-state index in [0.29, 0.717) is 12.1 Å². The third-order valence-electron chi connectivity index (χ3n) is 2.92. The molecule has 0 radical (unpaired) electrons. The summed E-state index contributed by atoms with van der Waals surface area (Å²) in [4.78, 5) is 4.61. The van der Waals surface area contributed by atoms with Gasteiger partial charge in [0.25, 0.3) is 0 Å². The van der Waals surface area contributed by atoms with E-state index in [1.165, 1.54) is 6.07 Å². The summed E-state index contributed by atoms with van der Waals surface area (Å²) >= 11 is 1.67. The Morgan fingerprint density at radius 1 is 1.32 bits per heavy atom. The summed E-state index contributed by atoms with van der Waals surface area (Å²) in [6.07, 6.45) is 0. The fourth-order valence-electron chi connectivity index (χ4n) is 1.72. The Morgan fingerprint density at radius 3 is 2.68 bits per heavy atom. The van der Waals surface area contributed by atoms with E-state index in [-0.39, 0.29) is 11.2 Å². The third kappa shape index (κ3) is 3.32. The van der Waals surface area contributed by atoms with Gasteiger partial charge in [-0.05, 0) is 19.1 Å². The van der Waals surface area contributed by atoms with E-state index in [9.17, 15) is 4.39 Å². The Morgan fingerprint density at radius 2 is 2.05 bits per heavy atom. The summed E-state index contributed by atoms with van der Waals surface area (Å²) in [5.74, 6) is -0.182. The maximum Gasteiger partial charge on any atom is 0.128 e. The second-order valence-corrected chi connectivity index (χ2v) is 6.52. The van der Waals surface area contributed by atoms with E-state index in [1.807, 2.05) is 6.07 Å². The molecule has 0 spiro atoms. The molecule has 2 aromatic rings. The molecule has 0 aliphatic carbocycles. The number of hydrogen-bond donors (Lipinski definition) is 1. The Kier molecular flexibility index (Phi) is 3.90. The van der Waals surface area contributed by atoms with Gasteiger partial charge in [-0.1, -0.05) is 26.8 Å². The first kappa shape index (κ1) is 14.0. The van der Waals surface area contributed by atoms with Crippen LogP contribution in [0.3, 0.4) is 0 Å². The van der Waals surface area contributed by atoms with Gasteiger partial charge in [0, 0.05) is 22.0 Å². The largest absolute Gasteiger partial charge is 0.379 e. The predicted octanol–water partition coefficient (Wildman–Crippen LogP) is 4.50. The molecule has 0 saturated carbocycles. The van der Waals surface area contributed by atoms with Gasteiger partial charge < -0.3 is 5.32 Å². The molecule has 0 aliphatic rings. The van der Waals surface area contributed by atoms with Crippen molar-refractivity contribution in [2.24, 2.45) is 0 Å². The highest BCUT2D eigenvalue weighted by atomic mass is 32.1. The number of nitrogens with zero attached hydrogens (tertiary/aromatic N) is 1. The molecule has 4 heteroatoms. The summed E-state index contributed by atoms with van der Waals surface area (Å²) < 4.78 is 13.4. The average Bonchev–Trinajstić information content (AvgIpc) is 2.79. The molecule has 1 heterocycles. The zero-order chi connectivity index (χ0) is 14.0. The Labute approximate surface area is 117 Å². The zero-order valence-electron chi connectivity index (χ0n) is 11.7. The van der Waals surface area contributed by atoms with Crippen molar-refractivity contribution >= 4 is 17.0 Å². The first-order valence-electron chi connectivity index (χ1n) is 6.32. The highest BCUT2D eigenvalue weighted by molar-refractivity contribution is 7.09. The second-order valence-electron chi connectivity index (χ2n) is 5.66. The maximum absolute atomic E-state index is 13.4. The van der Waals surface area contributed by atoms with Crippen molar-refractivity contribution in [1.82, 2.24) is 4.98 Å². The number of halogens is 1. The molecule has 1 aromatic heterocycles. The molecule has 1 N–H and O–H groups in total. The molecule has 2 nitrogen and oxygen atoms in total. The summed E-state index contributed by atoms with van der Waals surface area (Å²) in [7, 11) is 0. The van der Waals surface area contributed by atoms with Crippen molar-refractivity contribution in [3.8, 4) is 0 Å². The van der Waals surface area contributed by atoms with Crippen LogP contribution in [0.1, 0.15) is 37.0 Å². The minimum atomic E-state index is -0.182. The Hall–Kier alpha value is -1.42. The zero-order valence-corrected chi connectivity index (χ0v) is 12.6. The lowest BCUT2D eigenvalue weighted by atomic mass is 9.98. The van der Waals surface area contributed by atoms with E-state index in [4.69, 9.17) is 0 Å². The molecular weight excluding hydrogens is 259 g/mol. The topological polar surface area (TPSA) is 24.9 Å². The molecule has 0 aliphatic heterocycles. The average molecular weight is 278 g/mol. The van der Waals surface area contributed by atoms with Crippen LogP contribution in [-0.2, 0) is 12.0 Å². The van der Waals surface area contributed by atoms with Gasteiger partial charge in [-0.2, -0.15) is 0 Å². The number of nitrogens with one attached hydrogen (secondary N) is 1. The summed E-state index contributed by atoms with van der Waals surface area (Å²) in [6.45, 7) is 8.86. The molecule has 2 rings (SSSR count). The van der Waals surface area contributed by atoms with Crippen LogP contribution >= 0.6 is 11.3 Å². The second kappa shape index (κ2) is 5.29. The predicted molar refractivity (Wildman–Crippen MR) is 79.3 cm³/mol. The van der Waals surface area contributed by atoms with E-state index < -0.39 is 0 Å². The number of benzene rings is 1. The van der Waals surface area contributed by atoms with Gasteiger partial charge in [0.1, 0.15) is 5.82 Å². The Bertz CT molecular complexity index is 570. The first-order valence-corrected chi connectivity index (χ1v) is 7.20. The summed E-state index contributed by atoms with van der Waals surface area (Å²) in [5, 5.41) is 6.42. The van der Waals surface area contributed by atoms with Gasteiger partial charge in [-0.15, -0.1) is 11.3 Å². The lowest BCUT2D eigenvalue weighted by molar-refractivity contribution is 0.583. The minimum absolute atomic E-state index is 0.0810. The highest BCUT2D eigenvalue weighted by Gasteiger charge is 2.17. The molecular formula is C15H19FN2S. The SMILES string of the molecule is Cc1c(F)cccc1NCc1csc(C(C)(C)C)n1. The molecule has 1 aromatic carbocycles. The van der Waals surface area contributed by atoms with Gasteiger partial charge in [-0.3, -0.25) is 0 Å². The number of hydrogen-bond acceptors (Lipinski definition) is 3. The van der Waals surface area contributed by atoms with Crippen LogP contribution in [0, 0.1) is 12.7 Å². The molecule has 0 unspecified atom stereocenters. The molecule has 0 saturated heterocycles.